The van der Waals surface area contributed by atoms with E-state index in [2.05, 4.69) is 6.92 Å². The fourth-order valence-electron chi connectivity index (χ4n) is 2.02. The summed E-state index contributed by atoms with van der Waals surface area (Å²) in [5.74, 6) is -1.31. The Bertz CT molecular complexity index is 540. The maximum Gasteiger partial charge on any atom is 0.178 e. The summed E-state index contributed by atoms with van der Waals surface area (Å²) in [5.41, 5.74) is 0. The van der Waals surface area contributed by atoms with Gasteiger partial charge in [-0.15, -0.1) is 22.7 Å². The normalized spacial score (nSPS) is 11.2. The van der Waals surface area contributed by atoms with Crippen molar-refractivity contribution >= 4 is 22.7 Å². The van der Waals surface area contributed by atoms with Crippen LogP contribution in [0, 0.1) is 18.6 Å². The second kappa shape index (κ2) is 6.62. The third-order valence-electron chi connectivity index (χ3n) is 3.08. The summed E-state index contributed by atoms with van der Waals surface area (Å²) in [6.45, 7) is 4.12. The third kappa shape index (κ3) is 3.42. The molecular formula is C15H18F2S2. The Labute approximate surface area is 121 Å². The molecule has 2 heterocycles. The van der Waals surface area contributed by atoms with E-state index >= 15 is 0 Å². The average Bonchev–Trinajstić information content (AvgIpc) is 2.93. The van der Waals surface area contributed by atoms with Crippen LogP contribution in [-0.4, -0.2) is 0 Å². The molecule has 4 heteroatoms. The van der Waals surface area contributed by atoms with Crippen molar-refractivity contribution in [3.63, 3.8) is 0 Å². The van der Waals surface area contributed by atoms with E-state index in [1.54, 1.807) is 0 Å². The molecule has 0 radical (unpaired) electrons. The van der Waals surface area contributed by atoms with Crippen LogP contribution in [0.4, 0.5) is 8.78 Å². The first-order chi connectivity index (χ1) is 9.13. The van der Waals surface area contributed by atoms with Gasteiger partial charge < -0.3 is 0 Å². The van der Waals surface area contributed by atoms with Crippen molar-refractivity contribution in [1.82, 2.24) is 0 Å². The smallest absolute Gasteiger partial charge is 0.178 e. The highest BCUT2D eigenvalue weighted by atomic mass is 32.1. The summed E-state index contributed by atoms with van der Waals surface area (Å²) in [4.78, 5) is 2.97. The van der Waals surface area contributed by atoms with E-state index in [0.717, 1.165) is 35.4 Å². The first-order valence-corrected chi connectivity index (χ1v) is 8.30. The quantitative estimate of drug-likeness (QED) is 0.558. The molecule has 0 atom stereocenters. The lowest BCUT2D eigenvalue weighted by Crippen LogP contribution is -1.86. The first-order valence-electron chi connectivity index (χ1n) is 6.67. The molecule has 0 aromatic carbocycles. The van der Waals surface area contributed by atoms with Gasteiger partial charge >= 0.3 is 0 Å². The highest BCUT2D eigenvalue weighted by Crippen LogP contribution is 2.38. The second-order valence-corrected chi connectivity index (χ2v) is 7.10. The zero-order chi connectivity index (χ0) is 13.8. The SMILES string of the molecule is CCCCCCc1sc(-c2ccc(C)s2)c(F)c1F. The third-order valence-corrected chi connectivity index (χ3v) is 5.46. The molecule has 104 valence electrons. The van der Waals surface area contributed by atoms with Crippen molar-refractivity contribution in [3.05, 3.63) is 33.5 Å². The van der Waals surface area contributed by atoms with Gasteiger partial charge in [0, 0.05) is 14.6 Å². The first kappa shape index (κ1) is 14.7. The van der Waals surface area contributed by atoms with Crippen molar-refractivity contribution in [2.24, 2.45) is 0 Å². The van der Waals surface area contributed by atoms with Gasteiger partial charge in [-0.2, -0.15) is 0 Å². The molecule has 0 unspecified atom stereocenters. The van der Waals surface area contributed by atoms with Crippen molar-refractivity contribution in [2.75, 3.05) is 0 Å². The van der Waals surface area contributed by atoms with E-state index in [9.17, 15) is 8.78 Å². The van der Waals surface area contributed by atoms with Crippen LogP contribution < -0.4 is 0 Å². The molecule has 0 aliphatic rings. The molecule has 0 aliphatic carbocycles. The number of unbranched alkanes of at least 4 members (excludes halogenated alkanes) is 3. The Balaban J connectivity index is 2.14. The number of aryl methyl sites for hydroxylation is 2. The number of hydrogen-bond donors (Lipinski definition) is 0. The highest BCUT2D eigenvalue weighted by molar-refractivity contribution is 7.22. The molecule has 0 saturated heterocycles. The minimum Gasteiger partial charge on any atom is -0.202 e. The summed E-state index contributed by atoms with van der Waals surface area (Å²) in [5, 5.41) is 0. The molecule has 0 saturated carbocycles. The van der Waals surface area contributed by atoms with Gasteiger partial charge in [-0.1, -0.05) is 26.2 Å². The Morgan fingerprint density at radius 3 is 2.42 bits per heavy atom. The molecule has 0 nitrogen and oxygen atoms in total. The van der Waals surface area contributed by atoms with Gasteiger partial charge in [-0.3, -0.25) is 0 Å². The Morgan fingerprint density at radius 2 is 1.79 bits per heavy atom. The largest absolute Gasteiger partial charge is 0.202 e. The van der Waals surface area contributed by atoms with Crippen molar-refractivity contribution in [3.8, 4) is 9.75 Å². The standard InChI is InChI=1S/C15H18F2S2/c1-3-4-5-6-7-11-13(16)14(17)15(19-11)12-9-8-10(2)18-12/h8-9H,3-7H2,1-2H3. The topological polar surface area (TPSA) is 0 Å². The van der Waals surface area contributed by atoms with E-state index in [1.807, 2.05) is 19.1 Å². The van der Waals surface area contributed by atoms with Gasteiger partial charge in [-0.25, -0.2) is 8.78 Å². The molecule has 2 aromatic heterocycles. The Morgan fingerprint density at radius 1 is 1.00 bits per heavy atom. The zero-order valence-corrected chi connectivity index (χ0v) is 12.9. The average molecular weight is 300 g/mol. The van der Waals surface area contributed by atoms with E-state index in [4.69, 9.17) is 0 Å². The van der Waals surface area contributed by atoms with E-state index in [1.165, 1.54) is 22.7 Å². The van der Waals surface area contributed by atoms with Gasteiger partial charge in [0.15, 0.2) is 11.6 Å². The summed E-state index contributed by atoms with van der Waals surface area (Å²) >= 11 is 2.78. The number of thiophene rings is 2. The van der Waals surface area contributed by atoms with E-state index in [0.29, 0.717) is 16.2 Å². The molecule has 19 heavy (non-hydrogen) atoms. The molecule has 0 spiro atoms. The fourth-order valence-corrected chi connectivity index (χ4v) is 4.09. The van der Waals surface area contributed by atoms with Crippen LogP contribution in [-0.2, 0) is 6.42 Å². The monoisotopic (exact) mass is 300 g/mol. The van der Waals surface area contributed by atoms with Crippen molar-refractivity contribution in [1.29, 1.82) is 0 Å². The number of hydrogen-bond acceptors (Lipinski definition) is 2. The minimum absolute atomic E-state index is 0.459. The second-order valence-electron chi connectivity index (χ2n) is 4.70. The van der Waals surface area contributed by atoms with E-state index in [-0.39, 0.29) is 0 Å². The van der Waals surface area contributed by atoms with Crippen LogP contribution in [0.3, 0.4) is 0 Å². The van der Waals surface area contributed by atoms with Crippen molar-refractivity contribution < 1.29 is 8.78 Å². The van der Waals surface area contributed by atoms with Gasteiger partial charge in [0.2, 0.25) is 0 Å². The molecule has 0 aliphatic heterocycles. The minimum atomic E-state index is -0.669. The molecular weight excluding hydrogens is 282 g/mol. The summed E-state index contributed by atoms with van der Waals surface area (Å²) < 4.78 is 27.8. The van der Waals surface area contributed by atoms with Crippen molar-refractivity contribution in [2.45, 2.75) is 46.0 Å². The van der Waals surface area contributed by atoms with Crippen LogP contribution in [0.1, 0.15) is 42.4 Å². The van der Waals surface area contributed by atoms with Crippen LogP contribution in [0.15, 0.2) is 12.1 Å². The molecule has 0 amide bonds. The zero-order valence-electron chi connectivity index (χ0n) is 11.3. The van der Waals surface area contributed by atoms with E-state index < -0.39 is 11.6 Å². The lowest BCUT2D eigenvalue weighted by Gasteiger charge is -1.97. The molecule has 2 rings (SSSR count). The molecule has 0 bridgehead atoms. The van der Waals surface area contributed by atoms with Gasteiger partial charge in [0.1, 0.15) is 0 Å². The number of rotatable bonds is 6. The molecule has 0 N–H and O–H groups in total. The van der Waals surface area contributed by atoms with Crippen LogP contribution >= 0.6 is 22.7 Å². The number of halogens is 2. The maximum atomic E-state index is 13.9. The predicted molar refractivity (Wildman–Crippen MR) is 80.1 cm³/mol. The highest BCUT2D eigenvalue weighted by Gasteiger charge is 2.20. The van der Waals surface area contributed by atoms with Gasteiger partial charge in [0.25, 0.3) is 0 Å². The van der Waals surface area contributed by atoms with Crippen LogP contribution in [0.2, 0.25) is 0 Å². The van der Waals surface area contributed by atoms with Gasteiger partial charge in [0.05, 0.1) is 4.88 Å². The Kier molecular flexibility index (Phi) is 5.11. The lowest BCUT2D eigenvalue weighted by molar-refractivity contribution is 0.508. The lowest BCUT2D eigenvalue weighted by atomic mass is 10.1. The molecule has 0 fully saturated rings. The predicted octanol–water partition coefficient (Wildman–Crippen LogP) is 6.19. The summed E-state index contributed by atoms with van der Waals surface area (Å²) in [6.07, 6.45) is 4.99. The summed E-state index contributed by atoms with van der Waals surface area (Å²) in [7, 11) is 0. The fraction of sp³-hybridized carbons (Fsp3) is 0.467. The Hall–Kier alpha value is -0.740. The van der Waals surface area contributed by atoms with Crippen LogP contribution in [0.25, 0.3) is 9.75 Å². The maximum absolute atomic E-state index is 13.9. The van der Waals surface area contributed by atoms with Gasteiger partial charge in [-0.05, 0) is 31.9 Å². The molecule has 2 aromatic rings. The van der Waals surface area contributed by atoms with Crippen LogP contribution in [0.5, 0.6) is 0 Å². The summed E-state index contributed by atoms with van der Waals surface area (Å²) in [6, 6.07) is 3.81.